The molecular weight excluding hydrogens is 291 g/mol. The zero-order valence-electron chi connectivity index (χ0n) is 11.3. The molecule has 1 atom stereocenters. The van der Waals surface area contributed by atoms with Crippen molar-refractivity contribution in [3.63, 3.8) is 0 Å². The lowest BCUT2D eigenvalue weighted by molar-refractivity contribution is -0.261. The Kier molecular flexibility index (Phi) is 4.95. The van der Waals surface area contributed by atoms with E-state index >= 15 is 0 Å². The maximum absolute atomic E-state index is 12.8. The number of benzene rings is 1. The second-order valence-electron chi connectivity index (χ2n) is 4.44. The number of esters is 1. The Morgan fingerprint density at radius 1 is 1.24 bits per heavy atom. The van der Waals surface area contributed by atoms with Crippen molar-refractivity contribution >= 4 is 17.6 Å². The minimum absolute atomic E-state index is 0.250. The minimum atomic E-state index is -5.33. The van der Waals surface area contributed by atoms with Crippen LogP contribution in [0.5, 0.6) is 0 Å². The van der Waals surface area contributed by atoms with Gasteiger partial charge in [0.2, 0.25) is 5.91 Å². The molecule has 1 aromatic rings. The van der Waals surface area contributed by atoms with E-state index in [0.29, 0.717) is 7.11 Å². The highest BCUT2D eigenvalue weighted by molar-refractivity contribution is 5.95. The second-order valence-corrected chi connectivity index (χ2v) is 4.44. The number of ether oxygens (including phenoxy) is 1. The van der Waals surface area contributed by atoms with Gasteiger partial charge in [-0.2, -0.15) is 13.2 Å². The fourth-order valence-electron chi connectivity index (χ4n) is 1.53. The van der Waals surface area contributed by atoms with Gasteiger partial charge in [0.05, 0.1) is 13.5 Å². The summed E-state index contributed by atoms with van der Waals surface area (Å²) >= 11 is 0. The Morgan fingerprint density at radius 2 is 1.76 bits per heavy atom. The van der Waals surface area contributed by atoms with Crippen LogP contribution in [-0.4, -0.2) is 35.9 Å². The third kappa shape index (κ3) is 3.94. The van der Waals surface area contributed by atoms with Crippen molar-refractivity contribution in [3.05, 3.63) is 29.8 Å². The molecule has 0 unspecified atom stereocenters. The standard InChI is InChI=1S/C13H14F3NO4/c1-8-3-5-9(6-4-8)17-10(18)7-12(20,11(19)21-2)13(14,15)16/h3-6,20H,7H2,1-2H3,(H,17,18)/t12-/m0/s1. The number of carbonyl (C=O) groups is 2. The number of hydrogen-bond donors (Lipinski definition) is 2. The summed E-state index contributed by atoms with van der Waals surface area (Å²) in [5, 5.41) is 11.6. The van der Waals surface area contributed by atoms with Gasteiger partial charge in [0.1, 0.15) is 0 Å². The Hall–Kier alpha value is -2.09. The van der Waals surface area contributed by atoms with Crippen LogP contribution in [0.4, 0.5) is 18.9 Å². The summed E-state index contributed by atoms with van der Waals surface area (Å²) < 4.78 is 42.2. The first-order chi connectivity index (χ1) is 9.60. The molecule has 1 amide bonds. The summed E-state index contributed by atoms with van der Waals surface area (Å²) in [5.74, 6) is -3.10. The zero-order chi connectivity index (χ0) is 16.3. The Balaban J connectivity index is 2.87. The van der Waals surface area contributed by atoms with Gasteiger partial charge in [0.25, 0.3) is 5.60 Å². The lowest BCUT2D eigenvalue weighted by atomic mass is 9.98. The first-order valence-electron chi connectivity index (χ1n) is 5.84. The number of amides is 1. The summed E-state index contributed by atoms with van der Waals surface area (Å²) in [6.45, 7) is 1.80. The van der Waals surface area contributed by atoms with Crippen molar-refractivity contribution in [2.75, 3.05) is 12.4 Å². The maximum atomic E-state index is 12.8. The lowest BCUT2D eigenvalue weighted by Crippen LogP contribution is -2.54. The van der Waals surface area contributed by atoms with Gasteiger partial charge in [-0.15, -0.1) is 0 Å². The number of aliphatic hydroxyl groups is 1. The predicted molar refractivity (Wildman–Crippen MR) is 67.4 cm³/mol. The highest BCUT2D eigenvalue weighted by Crippen LogP contribution is 2.34. The number of nitrogens with one attached hydrogen (secondary N) is 1. The third-order valence-corrected chi connectivity index (χ3v) is 2.74. The van der Waals surface area contributed by atoms with Gasteiger partial charge in [0, 0.05) is 5.69 Å². The molecule has 0 radical (unpaired) electrons. The number of methoxy groups -OCH3 is 1. The molecule has 0 aliphatic carbocycles. The number of alkyl halides is 3. The van der Waals surface area contributed by atoms with Gasteiger partial charge < -0.3 is 15.2 Å². The van der Waals surface area contributed by atoms with E-state index in [4.69, 9.17) is 0 Å². The van der Waals surface area contributed by atoms with Crippen molar-refractivity contribution in [2.45, 2.75) is 25.1 Å². The molecule has 0 bridgehead atoms. The van der Waals surface area contributed by atoms with E-state index in [1.54, 1.807) is 19.1 Å². The van der Waals surface area contributed by atoms with Gasteiger partial charge in [-0.3, -0.25) is 4.79 Å². The highest BCUT2D eigenvalue weighted by Gasteiger charge is 2.61. The second kappa shape index (κ2) is 6.13. The Bertz CT molecular complexity index is 527. The van der Waals surface area contributed by atoms with E-state index in [-0.39, 0.29) is 5.69 Å². The van der Waals surface area contributed by atoms with Crippen LogP contribution in [0.1, 0.15) is 12.0 Å². The third-order valence-electron chi connectivity index (χ3n) is 2.74. The molecule has 0 fully saturated rings. The largest absolute Gasteiger partial charge is 0.467 e. The van der Waals surface area contributed by atoms with E-state index < -0.39 is 30.1 Å². The van der Waals surface area contributed by atoms with Crippen molar-refractivity contribution in [2.24, 2.45) is 0 Å². The molecule has 1 rings (SSSR count). The summed E-state index contributed by atoms with van der Waals surface area (Å²) in [6.07, 6.45) is -6.82. The van der Waals surface area contributed by atoms with Crippen LogP contribution in [0.15, 0.2) is 24.3 Å². The molecule has 1 aromatic carbocycles. The van der Waals surface area contributed by atoms with E-state index in [1.807, 2.05) is 0 Å². The highest BCUT2D eigenvalue weighted by atomic mass is 19.4. The van der Waals surface area contributed by atoms with E-state index in [9.17, 15) is 27.9 Å². The van der Waals surface area contributed by atoms with Gasteiger partial charge in [0.15, 0.2) is 0 Å². The molecule has 0 spiro atoms. The molecule has 0 aliphatic heterocycles. The van der Waals surface area contributed by atoms with Crippen LogP contribution in [0, 0.1) is 6.92 Å². The summed E-state index contributed by atoms with van der Waals surface area (Å²) in [7, 11) is 0.691. The zero-order valence-corrected chi connectivity index (χ0v) is 11.3. The van der Waals surface area contributed by atoms with Crippen molar-refractivity contribution in [1.29, 1.82) is 0 Å². The molecule has 8 heteroatoms. The van der Waals surface area contributed by atoms with Crippen LogP contribution >= 0.6 is 0 Å². The lowest BCUT2D eigenvalue weighted by Gasteiger charge is -2.26. The predicted octanol–water partition coefficient (Wildman–Crippen LogP) is 1.79. The Labute approximate surface area is 118 Å². The fraction of sp³-hybridized carbons (Fsp3) is 0.385. The van der Waals surface area contributed by atoms with Crippen LogP contribution in [0.25, 0.3) is 0 Å². The van der Waals surface area contributed by atoms with Gasteiger partial charge in [-0.25, -0.2) is 4.79 Å². The van der Waals surface area contributed by atoms with Crippen LogP contribution < -0.4 is 5.32 Å². The molecule has 116 valence electrons. The number of halogens is 3. The van der Waals surface area contributed by atoms with Crippen LogP contribution in [0.2, 0.25) is 0 Å². The van der Waals surface area contributed by atoms with E-state index in [2.05, 4.69) is 10.1 Å². The molecule has 2 N–H and O–H groups in total. The number of rotatable bonds is 4. The average molecular weight is 305 g/mol. The summed E-state index contributed by atoms with van der Waals surface area (Å²) in [4.78, 5) is 22.7. The number of carbonyl (C=O) groups excluding carboxylic acids is 2. The van der Waals surface area contributed by atoms with Crippen molar-refractivity contribution in [1.82, 2.24) is 0 Å². The molecule has 0 aromatic heterocycles. The normalized spacial score (nSPS) is 14.2. The molecule has 0 saturated heterocycles. The van der Waals surface area contributed by atoms with Crippen LogP contribution in [-0.2, 0) is 14.3 Å². The van der Waals surface area contributed by atoms with E-state index in [1.165, 1.54) is 12.1 Å². The molecule has 0 aliphatic rings. The first-order valence-corrected chi connectivity index (χ1v) is 5.84. The fourth-order valence-corrected chi connectivity index (χ4v) is 1.53. The van der Waals surface area contributed by atoms with Gasteiger partial charge in [-0.1, -0.05) is 17.7 Å². The number of aryl methyl sites for hydroxylation is 1. The SMILES string of the molecule is COC(=O)[C@@](O)(CC(=O)Nc1ccc(C)cc1)C(F)(F)F. The van der Waals surface area contributed by atoms with Gasteiger partial charge in [-0.05, 0) is 19.1 Å². The number of hydrogen-bond acceptors (Lipinski definition) is 4. The topological polar surface area (TPSA) is 75.6 Å². The van der Waals surface area contributed by atoms with Crippen molar-refractivity contribution in [3.8, 4) is 0 Å². The van der Waals surface area contributed by atoms with Crippen LogP contribution in [0.3, 0.4) is 0 Å². The Morgan fingerprint density at radius 3 is 2.19 bits per heavy atom. The van der Waals surface area contributed by atoms with Gasteiger partial charge >= 0.3 is 12.1 Å². The molecule has 0 heterocycles. The maximum Gasteiger partial charge on any atom is 0.428 e. The first kappa shape index (κ1) is 17.0. The molecule has 0 saturated carbocycles. The summed E-state index contributed by atoms with van der Waals surface area (Å²) in [5.41, 5.74) is -2.73. The minimum Gasteiger partial charge on any atom is -0.467 e. The number of anilines is 1. The quantitative estimate of drug-likeness (QED) is 0.832. The monoisotopic (exact) mass is 305 g/mol. The van der Waals surface area contributed by atoms with Crippen molar-refractivity contribution < 1.29 is 32.6 Å². The molecule has 5 nitrogen and oxygen atoms in total. The summed E-state index contributed by atoms with van der Waals surface area (Å²) in [6, 6.07) is 6.26. The average Bonchev–Trinajstić information content (AvgIpc) is 2.38. The molecular formula is C13H14F3NO4. The van der Waals surface area contributed by atoms with E-state index in [0.717, 1.165) is 5.56 Å². The smallest absolute Gasteiger partial charge is 0.428 e. The molecule has 21 heavy (non-hydrogen) atoms.